The van der Waals surface area contributed by atoms with Crippen molar-refractivity contribution in [2.45, 2.75) is 65.3 Å². The third kappa shape index (κ3) is 2.86. The standard InChI is InChI=1S/C18H32N2O/c1-18(2,3)14-5-4-9-20(10-8-14)17(21)15-12-6-7-13(11-12)16(15)19/h12-16H,4-11,19H2,1-3H3. The normalized spacial score (nSPS) is 40.4. The number of hydrogen-bond acceptors (Lipinski definition) is 2. The molecule has 3 rings (SSSR count). The highest BCUT2D eigenvalue weighted by atomic mass is 16.2. The number of amides is 1. The largest absolute Gasteiger partial charge is 0.342 e. The van der Waals surface area contributed by atoms with Crippen LogP contribution in [0.5, 0.6) is 0 Å². The molecule has 3 fully saturated rings. The first kappa shape index (κ1) is 15.3. The van der Waals surface area contributed by atoms with Gasteiger partial charge in [-0.25, -0.2) is 0 Å². The van der Waals surface area contributed by atoms with E-state index < -0.39 is 0 Å². The molecule has 3 heteroatoms. The summed E-state index contributed by atoms with van der Waals surface area (Å²) in [4.78, 5) is 15.1. The fourth-order valence-corrected chi connectivity index (χ4v) is 5.10. The third-order valence-corrected chi connectivity index (χ3v) is 6.53. The Bertz CT molecular complexity index is 399. The van der Waals surface area contributed by atoms with Gasteiger partial charge in [-0.1, -0.05) is 20.8 Å². The van der Waals surface area contributed by atoms with Gasteiger partial charge in [-0.2, -0.15) is 0 Å². The second kappa shape index (κ2) is 5.57. The molecule has 2 bridgehead atoms. The zero-order valence-electron chi connectivity index (χ0n) is 14.0. The number of hydrogen-bond donors (Lipinski definition) is 1. The zero-order valence-corrected chi connectivity index (χ0v) is 14.0. The van der Waals surface area contributed by atoms with Crippen LogP contribution in [0.2, 0.25) is 0 Å². The summed E-state index contributed by atoms with van der Waals surface area (Å²) in [7, 11) is 0. The molecule has 1 amide bonds. The van der Waals surface area contributed by atoms with E-state index in [0.717, 1.165) is 31.8 Å². The fraction of sp³-hybridized carbons (Fsp3) is 0.944. The van der Waals surface area contributed by atoms with Crippen molar-refractivity contribution >= 4 is 5.91 Å². The summed E-state index contributed by atoms with van der Waals surface area (Å²) in [6.45, 7) is 8.90. The number of carbonyl (C=O) groups is 1. The Kier molecular flexibility index (Phi) is 4.06. The quantitative estimate of drug-likeness (QED) is 0.807. The van der Waals surface area contributed by atoms with Crippen molar-refractivity contribution in [2.24, 2.45) is 34.8 Å². The lowest BCUT2D eigenvalue weighted by Crippen LogP contribution is -2.47. The first-order chi connectivity index (χ1) is 9.88. The summed E-state index contributed by atoms with van der Waals surface area (Å²) in [6, 6.07) is 0.137. The van der Waals surface area contributed by atoms with Gasteiger partial charge in [-0.3, -0.25) is 4.79 Å². The Labute approximate surface area is 129 Å². The molecule has 5 unspecified atom stereocenters. The van der Waals surface area contributed by atoms with Crippen molar-refractivity contribution in [3.8, 4) is 0 Å². The average Bonchev–Trinajstić information content (AvgIpc) is 2.88. The lowest BCUT2D eigenvalue weighted by Gasteiger charge is -2.33. The van der Waals surface area contributed by atoms with Crippen LogP contribution in [0.15, 0.2) is 0 Å². The molecule has 0 aromatic carbocycles. The highest BCUT2D eigenvalue weighted by Crippen LogP contribution is 2.48. The first-order valence-electron chi connectivity index (χ1n) is 8.92. The molecule has 2 aliphatic carbocycles. The van der Waals surface area contributed by atoms with Crippen LogP contribution in [0.3, 0.4) is 0 Å². The molecular weight excluding hydrogens is 260 g/mol. The summed E-state index contributed by atoms with van der Waals surface area (Å²) < 4.78 is 0. The third-order valence-electron chi connectivity index (χ3n) is 6.53. The number of fused-ring (bicyclic) bond motifs is 2. The number of rotatable bonds is 1. The van der Waals surface area contributed by atoms with E-state index >= 15 is 0 Å². The van der Waals surface area contributed by atoms with E-state index in [2.05, 4.69) is 25.7 Å². The van der Waals surface area contributed by atoms with E-state index in [1.165, 1.54) is 25.7 Å². The predicted octanol–water partition coefficient (Wildman–Crippen LogP) is 3.03. The lowest BCUT2D eigenvalue weighted by molar-refractivity contribution is -0.137. The molecular formula is C18H32N2O. The van der Waals surface area contributed by atoms with Crippen LogP contribution in [-0.4, -0.2) is 29.9 Å². The summed E-state index contributed by atoms with van der Waals surface area (Å²) in [6.07, 6.45) is 7.26. The molecule has 3 nitrogen and oxygen atoms in total. The van der Waals surface area contributed by atoms with Gasteiger partial charge in [0.15, 0.2) is 0 Å². The van der Waals surface area contributed by atoms with Gasteiger partial charge in [0.1, 0.15) is 0 Å². The Morgan fingerprint density at radius 1 is 1.05 bits per heavy atom. The molecule has 2 saturated carbocycles. The Balaban J connectivity index is 1.63. The van der Waals surface area contributed by atoms with E-state index in [1.54, 1.807) is 0 Å². The smallest absolute Gasteiger partial charge is 0.227 e. The molecule has 0 aromatic rings. The minimum atomic E-state index is 0.134. The molecule has 5 atom stereocenters. The van der Waals surface area contributed by atoms with Gasteiger partial charge in [0, 0.05) is 19.1 Å². The molecule has 1 saturated heterocycles. The van der Waals surface area contributed by atoms with Gasteiger partial charge in [-0.15, -0.1) is 0 Å². The Hall–Kier alpha value is -0.570. The highest BCUT2D eigenvalue weighted by Gasteiger charge is 2.50. The maximum Gasteiger partial charge on any atom is 0.227 e. The van der Waals surface area contributed by atoms with Crippen LogP contribution in [-0.2, 0) is 4.79 Å². The van der Waals surface area contributed by atoms with Gasteiger partial charge >= 0.3 is 0 Å². The predicted molar refractivity (Wildman–Crippen MR) is 85.7 cm³/mol. The number of carbonyl (C=O) groups excluding carboxylic acids is 1. The van der Waals surface area contributed by atoms with Crippen LogP contribution in [0.25, 0.3) is 0 Å². The van der Waals surface area contributed by atoms with E-state index in [9.17, 15) is 4.79 Å². The van der Waals surface area contributed by atoms with E-state index in [-0.39, 0.29) is 12.0 Å². The zero-order chi connectivity index (χ0) is 15.2. The lowest BCUT2D eigenvalue weighted by atomic mass is 9.77. The van der Waals surface area contributed by atoms with Crippen molar-refractivity contribution < 1.29 is 4.79 Å². The molecule has 1 aliphatic heterocycles. The maximum absolute atomic E-state index is 13.0. The molecule has 1 heterocycles. The van der Waals surface area contributed by atoms with Crippen molar-refractivity contribution in [1.29, 1.82) is 0 Å². The molecule has 2 N–H and O–H groups in total. The minimum absolute atomic E-state index is 0.134. The summed E-state index contributed by atoms with van der Waals surface area (Å²) in [5, 5.41) is 0. The van der Waals surface area contributed by atoms with Crippen LogP contribution in [0.4, 0.5) is 0 Å². The van der Waals surface area contributed by atoms with Crippen LogP contribution in [0.1, 0.15) is 59.3 Å². The van der Waals surface area contributed by atoms with Gasteiger partial charge < -0.3 is 10.6 Å². The summed E-state index contributed by atoms with van der Waals surface area (Å²) >= 11 is 0. The Morgan fingerprint density at radius 3 is 2.38 bits per heavy atom. The monoisotopic (exact) mass is 292 g/mol. The van der Waals surface area contributed by atoms with E-state index in [4.69, 9.17) is 5.73 Å². The van der Waals surface area contributed by atoms with Crippen LogP contribution in [0, 0.1) is 29.1 Å². The SMILES string of the molecule is CC(C)(C)C1CCCN(C(=O)C2C3CCC(C3)C2N)CC1. The van der Waals surface area contributed by atoms with Crippen molar-refractivity contribution in [2.75, 3.05) is 13.1 Å². The average molecular weight is 292 g/mol. The van der Waals surface area contributed by atoms with Crippen LogP contribution >= 0.6 is 0 Å². The molecule has 21 heavy (non-hydrogen) atoms. The molecule has 0 radical (unpaired) electrons. The number of nitrogens with zero attached hydrogens (tertiary/aromatic N) is 1. The van der Waals surface area contributed by atoms with Gasteiger partial charge in [-0.05, 0) is 61.7 Å². The molecule has 3 aliphatic rings. The molecule has 120 valence electrons. The Morgan fingerprint density at radius 2 is 1.76 bits per heavy atom. The van der Waals surface area contributed by atoms with Gasteiger partial charge in [0.2, 0.25) is 5.91 Å². The van der Waals surface area contributed by atoms with E-state index in [1.807, 2.05) is 0 Å². The second-order valence-corrected chi connectivity index (χ2v) is 8.76. The fourth-order valence-electron chi connectivity index (χ4n) is 5.10. The number of nitrogens with two attached hydrogens (primary N) is 1. The highest BCUT2D eigenvalue weighted by molar-refractivity contribution is 5.80. The van der Waals surface area contributed by atoms with Crippen molar-refractivity contribution in [3.05, 3.63) is 0 Å². The van der Waals surface area contributed by atoms with E-state index in [0.29, 0.717) is 23.2 Å². The summed E-state index contributed by atoms with van der Waals surface area (Å²) in [5.41, 5.74) is 6.72. The van der Waals surface area contributed by atoms with Crippen molar-refractivity contribution in [1.82, 2.24) is 4.90 Å². The van der Waals surface area contributed by atoms with Crippen LogP contribution < -0.4 is 5.73 Å². The minimum Gasteiger partial charge on any atom is -0.342 e. The first-order valence-corrected chi connectivity index (χ1v) is 8.92. The molecule has 0 spiro atoms. The van der Waals surface area contributed by atoms with Gasteiger partial charge in [0.25, 0.3) is 0 Å². The number of likely N-dealkylation sites (tertiary alicyclic amines) is 1. The topological polar surface area (TPSA) is 46.3 Å². The second-order valence-electron chi connectivity index (χ2n) is 8.76. The van der Waals surface area contributed by atoms with Crippen molar-refractivity contribution in [3.63, 3.8) is 0 Å². The molecule has 0 aromatic heterocycles. The summed E-state index contributed by atoms with van der Waals surface area (Å²) in [5.74, 6) is 2.46. The van der Waals surface area contributed by atoms with Gasteiger partial charge in [0.05, 0.1) is 5.92 Å². The maximum atomic E-state index is 13.0.